The van der Waals surface area contributed by atoms with E-state index in [9.17, 15) is 0 Å². The maximum atomic E-state index is 3.80. The van der Waals surface area contributed by atoms with Crippen LogP contribution in [0.3, 0.4) is 0 Å². The van der Waals surface area contributed by atoms with Crippen LogP contribution in [0.2, 0.25) is 0 Å². The van der Waals surface area contributed by atoms with Gasteiger partial charge in [-0.2, -0.15) is 0 Å². The van der Waals surface area contributed by atoms with Crippen LogP contribution in [0.1, 0.15) is 81.6 Å². The third-order valence-corrected chi connectivity index (χ3v) is 8.30. The Labute approximate surface area is 153 Å². The summed E-state index contributed by atoms with van der Waals surface area (Å²) >= 11 is 0. The molecule has 24 heavy (non-hydrogen) atoms. The Morgan fingerprint density at radius 3 is 1.75 bits per heavy atom. The van der Waals surface area contributed by atoms with Crippen molar-refractivity contribution < 1.29 is 8.97 Å². The predicted octanol–water partition coefficient (Wildman–Crippen LogP) is 4.58. The summed E-state index contributed by atoms with van der Waals surface area (Å²) in [5, 5.41) is 3.80. The minimum Gasteiger partial charge on any atom is -0.276 e. The predicted molar refractivity (Wildman–Crippen MR) is 107 cm³/mol. The van der Waals surface area contributed by atoms with Crippen LogP contribution >= 0.6 is 0 Å². The van der Waals surface area contributed by atoms with Crippen molar-refractivity contribution in [1.82, 2.24) is 5.32 Å². The van der Waals surface area contributed by atoms with Crippen LogP contribution in [-0.4, -0.2) is 59.6 Å². The zero-order valence-electron chi connectivity index (χ0n) is 18.8. The van der Waals surface area contributed by atoms with Gasteiger partial charge in [-0.1, -0.05) is 20.3 Å². The van der Waals surface area contributed by atoms with E-state index >= 15 is 0 Å². The molecule has 1 aliphatic rings. The van der Waals surface area contributed by atoms with E-state index in [4.69, 9.17) is 0 Å². The summed E-state index contributed by atoms with van der Waals surface area (Å²) in [6.45, 7) is 21.8. The first-order chi connectivity index (χ1) is 10.7. The molecule has 1 fully saturated rings. The molecule has 0 spiro atoms. The van der Waals surface area contributed by atoms with Gasteiger partial charge in [-0.05, 0) is 47.1 Å². The second kappa shape index (κ2) is 6.89. The molecule has 1 rings (SSSR count). The first kappa shape index (κ1) is 21.9. The Morgan fingerprint density at radius 1 is 1.00 bits per heavy atom. The zero-order chi connectivity index (χ0) is 19.1. The summed E-state index contributed by atoms with van der Waals surface area (Å²) in [7, 11) is 7.03. The fraction of sp³-hybridized carbons (Fsp3) is 1.00. The molecular formula is C21H47N3+2. The molecule has 3 atom stereocenters. The third-order valence-electron chi connectivity index (χ3n) is 8.30. The van der Waals surface area contributed by atoms with E-state index in [1.165, 1.54) is 23.7 Å². The molecule has 144 valence electrons. The molecule has 1 saturated heterocycles. The van der Waals surface area contributed by atoms with Crippen LogP contribution in [0.5, 0.6) is 0 Å². The summed E-state index contributed by atoms with van der Waals surface area (Å²) in [6.07, 6.45) is 3.88. The van der Waals surface area contributed by atoms with Crippen molar-refractivity contribution in [3.8, 4) is 0 Å². The molecule has 3 nitrogen and oxygen atoms in total. The summed E-state index contributed by atoms with van der Waals surface area (Å²) < 4.78 is 2.23. The SMILES string of the molecule is CNC(C)(CCCC(C)C)[N+]1(C(C)(C)[N+](C)(C)C(C)C)C(C)C1C. The Balaban J connectivity index is 3.29. The van der Waals surface area contributed by atoms with Crippen LogP contribution in [-0.2, 0) is 0 Å². The Kier molecular flexibility index (Phi) is 6.29. The van der Waals surface area contributed by atoms with Crippen molar-refractivity contribution in [3.63, 3.8) is 0 Å². The average Bonchev–Trinajstić information content (AvgIpc) is 3.02. The number of nitrogens with one attached hydrogen (secondary N) is 1. The molecule has 3 heteroatoms. The highest BCUT2D eigenvalue weighted by atomic mass is 15.7. The Morgan fingerprint density at radius 2 is 1.46 bits per heavy atom. The second-order valence-corrected chi connectivity index (χ2v) is 10.2. The Bertz CT molecular complexity index is 417. The van der Waals surface area contributed by atoms with Crippen molar-refractivity contribution in [3.05, 3.63) is 0 Å². The first-order valence-electron chi connectivity index (χ1n) is 10.1. The van der Waals surface area contributed by atoms with E-state index in [0.717, 1.165) is 10.4 Å². The number of hydrogen-bond acceptors (Lipinski definition) is 1. The van der Waals surface area contributed by atoms with E-state index in [1.807, 2.05) is 0 Å². The normalized spacial score (nSPS) is 30.8. The molecule has 0 amide bonds. The van der Waals surface area contributed by atoms with Crippen LogP contribution in [0, 0.1) is 5.92 Å². The van der Waals surface area contributed by atoms with Crippen LogP contribution in [0.15, 0.2) is 0 Å². The quantitative estimate of drug-likeness (QED) is 0.478. The molecule has 3 unspecified atom stereocenters. The summed E-state index contributed by atoms with van der Waals surface area (Å²) in [4.78, 5) is 0. The summed E-state index contributed by atoms with van der Waals surface area (Å²) in [5.41, 5.74) is 0.282. The number of rotatable bonds is 9. The van der Waals surface area contributed by atoms with E-state index in [2.05, 4.69) is 88.8 Å². The topological polar surface area (TPSA) is 12.0 Å². The van der Waals surface area contributed by atoms with Crippen LogP contribution in [0.25, 0.3) is 0 Å². The second-order valence-electron chi connectivity index (χ2n) is 10.2. The first-order valence-corrected chi connectivity index (χ1v) is 10.1. The van der Waals surface area contributed by atoms with E-state index in [-0.39, 0.29) is 11.3 Å². The van der Waals surface area contributed by atoms with Gasteiger partial charge in [0.25, 0.3) is 0 Å². The van der Waals surface area contributed by atoms with Crippen LogP contribution in [0.4, 0.5) is 0 Å². The van der Waals surface area contributed by atoms with Gasteiger partial charge < -0.3 is 0 Å². The maximum Gasteiger partial charge on any atom is 0.221 e. The van der Waals surface area contributed by atoms with E-state index in [0.29, 0.717) is 18.1 Å². The standard InChI is InChI=1S/C21H47N3/c1-16(2)14-13-15-21(9,22-10)24(18(5)19(24)6)20(7,8)23(11,12)17(3)4/h16-19,22H,13-15H2,1-12H3/q+2. The smallest absolute Gasteiger partial charge is 0.221 e. The molecule has 1 N–H and O–H groups in total. The van der Waals surface area contributed by atoms with Crippen LogP contribution < -0.4 is 5.32 Å². The van der Waals surface area contributed by atoms with Gasteiger partial charge in [0, 0.05) is 27.2 Å². The van der Waals surface area contributed by atoms with Gasteiger partial charge in [0.15, 0.2) is 5.66 Å². The largest absolute Gasteiger partial charge is 0.276 e. The number of nitrogens with zero attached hydrogens (tertiary/aromatic N) is 2. The zero-order valence-corrected chi connectivity index (χ0v) is 18.8. The highest BCUT2D eigenvalue weighted by Crippen LogP contribution is 2.57. The van der Waals surface area contributed by atoms with Crippen molar-refractivity contribution in [2.24, 2.45) is 5.92 Å². The highest BCUT2D eigenvalue weighted by Gasteiger charge is 2.79. The van der Waals surface area contributed by atoms with E-state index in [1.54, 1.807) is 0 Å². The van der Waals surface area contributed by atoms with Crippen molar-refractivity contribution >= 4 is 0 Å². The number of hydrogen-bond donors (Lipinski definition) is 1. The lowest BCUT2D eigenvalue weighted by molar-refractivity contribution is -1.14. The van der Waals surface area contributed by atoms with Gasteiger partial charge in [0.1, 0.15) is 12.1 Å². The summed E-state index contributed by atoms with van der Waals surface area (Å²) in [6, 6.07) is 2.01. The van der Waals surface area contributed by atoms with Crippen molar-refractivity contribution in [2.75, 3.05) is 21.1 Å². The minimum atomic E-state index is 0.127. The molecule has 0 aromatic heterocycles. The molecule has 1 heterocycles. The molecule has 1 aliphatic heterocycles. The summed E-state index contributed by atoms with van der Waals surface area (Å²) in [5.74, 6) is 0.791. The lowest BCUT2D eigenvalue weighted by Crippen LogP contribution is -2.77. The molecule has 0 aliphatic carbocycles. The number of quaternary nitrogens is 2. The van der Waals surface area contributed by atoms with Gasteiger partial charge >= 0.3 is 0 Å². The van der Waals surface area contributed by atoms with Gasteiger partial charge in [-0.25, -0.2) is 4.48 Å². The van der Waals surface area contributed by atoms with Gasteiger partial charge in [0.2, 0.25) is 5.66 Å². The van der Waals surface area contributed by atoms with Gasteiger partial charge in [0.05, 0.1) is 20.1 Å². The fourth-order valence-electron chi connectivity index (χ4n) is 5.59. The van der Waals surface area contributed by atoms with Crippen molar-refractivity contribution in [1.29, 1.82) is 0 Å². The van der Waals surface area contributed by atoms with Gasteiger partial charge in [-0.3, -0.25) is 9.80 Å². The van der Waals surface area contributed by atoms with E-state index < -0.39 is 0 Å². The van der Waals surface area contributed by atoms with Gasteiger partial charge in [-0.15, -0.1) is 0 Å². The monoisotopic (exact) mass is 341 g/mol. The molecule has 0 saturated carbocycles. The lowest BCUT2D eigenvalue weighted by Gasteiger charge is -2.57. The molecule has 0 aromatic rings. The molecule has 0 aromatic carbocycles. The molecular weight excluding hydrogens is 294 g/mol. The minimum absolute atomic E-state index is 0.127. The maximum absolute atomic E-state index is 3.80. The van der Waals surface area contributed by atoms with Crippen molar-refractivity contribution in [2.45, 2.75) is 111 Å². The Hall–Kier alpha value is -0.120. The highest BCUT2D eigenvalue weighted by molar-refractivity contribution is 4.95. The molecule has 0 radical (unpaired) electrons. The average molecular weight is 342 g/mol. The molecule has 0 bridgehead atoms. The lowest BCUT2D eigenvalue weighted by atomic mass is 9.93. The third kappa shape index (κ3) is 2.95. The fourth-order valence-corrected chi connectivity index (χ4v) is 5.59.